The Hall–Kier alpha value is -0.820. The molecule has 0 saturated carbocycles. The maximum absolute atomic E-state index is 12.5. The topological polar surface area (TPSA) is 49.6 Å². The van der Waals surface area contributed by atoms with Gasteiger partial charge >= 0.3 is 6.18 Å². The van der Waals surface area contributed by atoms with Gasteiger partial charge in [-0.25, -0.2) is 0 Å². The lowest BCUT2D eigenvalue weighted by atomic mass is 9.86. The summed E-state index contributed by atoms with van der Waals surface area (Å²) in [5, 5.41) is 0. The lowest BCUT2D eigenvalue weighted by Crippen LogP contribution is -2.50. The number of halogens is 3. The summed E-state index contributed by atoms with van der Waals surface area (Å²) in [6.45, 7) is 8.35. The molecule has 1 aliphatic rings. The average molecular weight is 323 g/mol. The van der Waals surface area contributed by atoms with Gasteiger partial charge in [-0.2, -0.15) is 13.2 Å². The molecule has 4 nitrogen and oxygen atoms in total. The quantitative estimate of drug-likeness (QED) is 0.843. The van der Waals surface area contributed by atoms with E-state index in [9.17, 15) is 18.0 Å². The first-order valence-corrected chi connectivity index (χ1v) is 7.77. The molecule has 0 spiro atoms. The summed E-state index contributed by atoms with van der Waals surface area (Å²) < 4.78 is 37.5. The van der Waals surface area contributed by atoms with Gasteiger partial charge in [0.2, 0.25) is 5.91 Å². The molecule has 2 N–H and O–H groups in total. The standard InChI is InChI=1S/C15H28F3N3O/c1-5-20(10-15(16,17)18)8-11-6-7-21(9-11)13(22)12(19)14(2,3)4/h11-12H,5-10,19H2,1-4H3/t11?,12-/m1/s1. The number of likely N-dealkylation sites (tertiary alicyclic amines) is 1. The van der Waals surface area contributed by atoms with Crippen molar-refractivity contribution in [2.24, 2.45) is 17.1 Å². The molecule has 1 aliphatic heterocycles. The predicted molar refractivity (Wildman–Crippen MR) is 80.3 cm³/mol. The lowest BCUT2D eigenvalue weighted by Gasteiger charge is -2.30. The molecule has 0 aromatic carbocycles. The Morgan fingerprint density at radius 3 is 2.41 bits per heavy atom. The Kier molecular flexibility index (Phi) is 6.27. The second kappa shape index (κ2) is 7.17. The van der Waals surface area contributed by atoms with Gasteiger partial charge in [-0.15, -0.1) is 0 Å². The number of nitrogens with zero attached hydrogens (tertiary/aromatic N) is 2. The average Bonchev–Trinajstić information content (AvgIpc) is 2.81. The van der Waals surface area contributed by atoms with Gasteiger partial charge in [-0.3, -0.25) is 9.69 Å². The van der Waals surface area contributed by atoms with Gasteiger partial charge in [0.05, 0.1) is 12.6 Å². The van der Waals surface area contributed by atoms with Gasteiger partial charge in [0.15, 0.2) is 0 Å². The monoisotopic (exact) mass is 323 g/mol. The van der Waals surface area contributed by atoms with Crippen LogP contribution in [0.4, 0.5) is 13.2 Å². The van der Waals surface area contributed by atoms with Gasteiger partial charge in [0.1, 0.15) is 0 Å². The first-order valence-electron chi connectivity index (χ1n) is 7.77. The Labute approximate surface area is 130 Å². The van der Waals surface area contributed by atoms with E-state index in [0.29, 0.717) is 26.2 Å². The molecule has 1 unspecified atom stereocenters. The van der Waals surface area contributed by atoms with Crippen LogP contribution in [0.25, 0.3) is 0 Å². The third-order valence-electron chi connectivity index (χ3n) is 4.16. The van der Waals surface area contributed by atoms with Crippen LogP contribution in [-0.4, -0.2) is 60.6 Å². The van der Waals surface area contributed by atoms with E-state index < -0.39 is 18.8 Å². The first-order chi connectivity index (χ1) is 9.94. The van der Waals surface area contributed by atoms with Crippen molar-refractivity contribution in [2.45, 2.75) is 46.3 Å². The van der Waals surface area contributed by atoms with Crippen molar-refractivity contribution in [3.63, 3.8) is 0 Å². The summed E-state index contributed by atoms with van der Waals surface area (Å²) in [6, 6.07) is -0.580. The highest BCUT2D eigenvalue weighted by atomic mass is 19.4. The SMILES string of the molecule is CCN(CC1CCN(C(=O)[C@@H](N)C(C)(C)C)C1)CC(F)(F)F. The molecule has 0 aromatic heterocycles. The summed E-state index contributed by atoms with van der Waals surface area (Å²) in [5.41, 5.74) is 5.66. The van der Waals surface area contributed by atoms with Crippen LogP contribution in [0.1, 0.15) is 34.1 Å². The molecular weight excluding hydrogens is 295 g/mol. The minimum Gasteiger partial charge on any atom is -0.341 e. The van der Waals surface area contributed by atoms with Crippen molar-refractivity contribution >= 4 is 5.91 Å². The van der Waals surface area contributed by atoms with E-state index in [-0.39, 0.29) is 17.2 Å². The van der Waals surface area contributed by atoms with Gasteiger partial charge in [0, 0.05) is 19.6 Å². The number of amides is 1. The van der Waals surface area contributed by atoms with Crippen molar-refractivity contribution in [3.05, 3.63) is 0 Å². The number of alkyl halides is 3. The molecule has 1 amide bonds. The molecule has 1 rings (SSSR count). The van der Waals surface area contributed by atoms with Crippen molar-refractivity contribution in [2.75, 3.05) is 32.7 Å². The zero-order valence-electron chi connectivity index (χ0n) is 13.9. The predicted octanol–water partition coefficient (Wildman–Crippen LogP) is 2.09. The number of nitrogens with two attached hydrogens (primary N) is 1. The van der Waals surface area contributed by atoms with Crippen molar-refractivity contribution in [3.8, 4) is 0 Å². The summed E-state index contributed by atoms with van der Waals surface area (Å²) in [7, 11) is 0. The molecular formula is C15H28F3N3O. The lowest BCUT2D eigenvalue weighted by molar-refractivity contribution is -0.147. The number of hydrogen-bond acceptors (Lipinski definition) is 3. The maximum atomic E-state index is 12.5. The second-order valence-electron chi connectivity index (χ2n) is 7.23. The summed E-state index contributed by atoms with van der Waals surface area (Å²) in [5.74, 6) is -0.0210. The molecule has 2 atom stereocenters. The van der Waals surface area contributed by atoms with E-state index in [1.807, 2.05) is 20.8 Å². The van der Waals surface area contributed by atoms with Gasteiger partial charge in [-0.05, 0) is 24.3 Å². The Morgan fingerprint density at radius 2 is 1.95 bits per heavy atom. The fourth-order valence-corrected chi connectivity index (χ4v) is 2.67. The molecule has 0 aliphatic carbocycles. The third kappa shape index (κ3) is 5.76. The Morgan fingerprint density at radius 1 is 1.36 bits per heavy atom. The summed E-state index contributed by atoms with van der Waals surface area (Å²) >= 11 is 0. The van der Waals surface area contributed by atoms with Crippen LogP contribution < -0.4 is 5.73 Å². The molecule has 22 heavy (non-hydrogen) atoms. The van der Waals surface area contributed by atoms with Gasteiger partial charge in [-0.1, -0.05) is 27.7 Å². The number of hydrogen-bond donors (Lipinski definition) is 1. The highest BCUT2D eigenvalue weighted by Crippen LogP contribution is 2.24. The molecule has 1 saturated heterocycles. The van der Waals surface area contributed by atoms with Crippen molar-refractivity contribution in [1.82, 2.24) is 9.80 Å². The fourth-order valence-electron chi connectivity index (χ4n) is 2.67. The van der Waals surface area contributed by atoms with Crippen molar-refractivity contribution < 1.29 is 18.0 Å². The van der Waals surface area contributed by atoms with Crippen LogP contribution >= 0.6 is 0 Å². The molecule has 0 aromatic rings. The minimum atomic E-state index is -4.18. The zero-order valence-corrected chi connectivity index (χ0v) is 13.9. The van der Waals surface area contributed by atoms with Gasteiger partial charge in [0.25, 0.3) is 0 Å². The molecule has 0 radical (unpaired) electrons. The maximum Gasteiger partial charge on any atom is 0.401 e. The summed E-state index contributed by atoms with van der Waals surface area (Å²) in [4.78, 5) is 15.4. The molecule has 1 heterocycles. The van der Waals surface area contributed by atoms with Crippen molar-refractivity contribution in [1.29, 1.82) is 0 Å². The number of rotatable bonds is 5. The highest BCUT2D eigenvalue weighted by molar-refractivity contribution is 5.82. The minimum absolute atomic E-state index is 0.0819. The smallest absolute Gasteiger partial charge is 0.341 e. The van der Waals surface area contributed by atoms with E-state index in [2.05, 4.69) is 0 Å². The second-order valence-corrected chi connectivity index (χ2v) is 7.23. The molecule has 1 fully saturated rings. The zero-order chi connectivity index (χ0) is 17.1. The molecule has 0 bridgehead atoms. The van der Waals surface area contributed by atoms with E-state index in [4.69, 9.17) is 5.73 Å². The Bertz CT molecular complexity index is 379. The fraction of sp³-hybridized carbons (Fsp3) is 0.933. The van der Waals surface area contributed by atoms with E-state index in [1.165, 1.54) is 4.90 Å². The number of carbonyl (C=O) groups excluding carboxylic acids is 1. The van der Waals surface area contributed by atoms with E-state index >= 15 is 0 Å². The van der Waals surface area contributed by atoms with Crippen LogP contribution in [-0.2, 0) is 4.79 Å². The van der Waals surface area contributed by atoms with Crippen LogP contribution in [0.3, 0.4) is 0 Å². The van der Waals surface area contributed by atoms with E-state index in [0.717, 1.165) is 6.42 Å². The van der Waals surface area contributed by atoms with E-state index in [1.54, 1.807) is 11.8 Å². The number of carbonyl (C=O) groups is 1. The van der Waals surface area contributed by atoms with Gasteiger partial charge < -0.3 is 10.6 Å². The first kappa shape index (κ1) is 19.2. The Balaban J connectivity index is 2.53. The summed E-state index contributed by atoms with van der Waals surface area (Å²) in [6.07, 6.45) is -3.45. The normalized spacial score (nSPS) is 21.5. The van der Waals surface area contributed by atoms with Crippen LogP contribution in [0.15, 0.2) is 0 Å². The van der Waals surface area contributed by atoms with Crippen LogP contribution in [0.5, 0.6) is 0 Å². The molecule has 7 heteroatoms. The van der Waals surface area contributed by atoms with Crippen LogP contribution in [0.2, 0.25) is 0 Å². The third-order valence-corrected chi connectivity index (χ3v) is 4.16. The molecule has 130 valence electrons. The highest BCUT2D eigenvalue weighted by Gasteiger charge is 2.36. The largest absolute Gasteiger partial charge is 0.401 e. The van der Waals surface area contributed by atoms with Crippen LogP contribution in [0, 0.1) is 11.3 Å².